The summed E-state index contributed by atoms with van der Waals surface area (Å²) >= 11 is 5.90. The molecule has 4 amide bonds. The van der Waals surface area contributed by atoms with Crippen LogP contribution < -0.4 is 10.6 Å². The number of urea groups is 1. The molecule has 1 aliphatic carbocycles. The van der Waals surface area contributed by atoms with Crippen LogP contribution in [0.4, 0.5) is 4.79 Å². The van der Waals surface area contributed by atoms with Crippen LogP contribution in [0, 0.1) is 0 Å². The van der Waals surface area contributed by atoms with Gasteiger partial charge >= 0.3 is 6.03 Å². The Morgan fingerprint density at radius 3 is 2.47 bits per heavy atom. The summed E-state index contributed by atoms with van der Waals surface area (Å²) in [6.07, 6.45) is 5.20. The third kappa shape index (κ3) is 4.21. The average molecular weight is 430 g/mol. The molecule has 0 bridgehead atoms. The molecule has 1 saturated carbocycles. The van der Waals surface area contributed by atoms with E-state index in [4.69, 9.17) is 16.0 Å². The van der Waals surface area contributed by atoms with Crippen LogP contribution in [0.1, 0.15) is 44.3 Å². The number of nitrogens with one attached hydrogen (secondary N) is 2. The van der Waals surface area contributed by atoms with Crippen LogP contribution in [0.5, 0.6) is 0 Å². The Bertz CT molecular complexity index is 946. The Balaban J connectivity index is 1.33. The van der Waals surface area contributed by atoms with Crippen molar-refractivity contribution in [3.05, 3.63) is 47.2 Å². The van der Waals surface area contributed by atoms with Gasteiger partial charge in [0.15, 0.2) is 0 Å². The number of carbonyl (C=O) groups excluding carboxylic acids is 3. The lowest BCUT2D eigenvalue weighted by Gasteiger charge is -2.24. The minimum atomic E-state index is -0.831. The quantitative estimate of drug-likeness (QED) is 0.706. The van der Waals surface area contributed by atoms with Crippen LogP contribution in [0.3, 0.4) is 0 Å². The highest BCUT2D eigenvalue weighted by atomic mass is 35.5. The van der Waals surface area contributed by atoms with E-state index in [2.05, 4.69) is 10.6 Å². The molecule has 2 heterocycles. The van der Waals surface area contributed by atoms with Gasteiger partial charge in [-0.2, -0.15) is 0 Å². The fourth-order valence-corrected chi connectivity index (χ4v) is 4.24. The van der Waals surface area contributed by atoms with Gasteiger partial charge in [0.25, 0.3) is 5.91 Å². The first-order valence-corrected chi connectivity index (χ1v) is 10.6. The van der Waals surface area contributed by atoms with E-state index in [1.165, 1.54) is 0 Å². The lowest BCUT2D eigenvalue weighted by molar-refractivity contribution is -0.135. The van der Waals surface area contributed by atoms with Crippen LogP contribution in [-0.4, -0.2) is 34.8 Å². The van der Waals surface area contributed by atoms with Crippen molar-refractivity contribution in [2.45, 2.75) is 50.6 Å². The van der Waals surface area contributed by atoms with Crippen molar-refractivity contribution < 1.29 is 18.8 Å². The number of amides is 4. The summed E-state index contributed by atoms with van der Waals surface area (Å²) in [5.74, 6) is 0.548. The Morgan fingerprint density at radius 1 is 1.07 bits per heavy atom. The minimum absolute atomic E-state index is 0.168. The van der Waals surface area contributed by atoms with E-state index in [1.54, 1.807) is 18.2 Å². The van der Waals surface area contributed by atoms with E-state index in [0.717, 1.165) is 36.1 Å². The number of hydrogen-bond donors (Lipinski definition) is 2. The standard InChI is InChI=1S/C22H24ClN3O4/c23-16-7-5-15(6-8-16)18-10-9-17(30-18)13-24-19(27)14-26-20(28)22(25-21(26)29)11-3-1-2-4-12-22/h5-10H,1-4,11-14H2,(H,24,27)(H,25,29). The number of hydrogen-bond acceptors (Lipinski definition) is 4. The number of imide groups is 1. The number of nitrogens with zero attached hydrogens (tertiary/aromatic N) is 1. The normalized spacial score (nSPS) is 18.4. The smallest absolute Gasteiger partial charge is 0.325 e. The first-order chi connectivity index (χ1) is 14.5. The summed E-state index contributed by atoms with van der Waals surface area (Å²) in [7, 11) is 0. The predicted octanol–water partition coefficient (Wildman–Crippen LogP) is 3.86. The number of furan rings is 1. The molecule has 1 aliphatic heterocycles. The topological polar surface area (TPSA) is 91.7 Å². The molecular formula is C22H24ClN3O4. The SMILES string of the molecule is O=C(CN1C(=O)NC2(CCCCCC2)C1=O)NCc1ccc(-c2ccc(Cl)cc2)o1. The molecule has 2 aliphatic rings. The summed E-state index contributed by atoms with van der Waals surface area (Å²) in [4.78, 5) is 38.6. The Morgan fingerprint density at radius 2 is 1.77 bits per heavy atom. The maximum atomic E-state index is 12.9. The van der Waals surface area contributed by atoms with E-state index in [9.17, 15) is 14.4 Å². The van der Waals surface area contributed by atoms with Crippen molar-refractivity contribution >= 4 is 29.4 Å². The average Bonchev–Trinajstić information content (AvgIpc) is 3.19. The molecule has 1 aromatic heterocycles. The molecule has 7 nitrogen and oxygen atoms in total. The summed E-state index contributed by atoms with van der Waals surface area (Å²) in [5.41, 5.74) is 0.0486. The minimum Gasteiger partial charge on any atom is -0.459 e. The van der Waals surface area contributed by atoms with Crippen molar-refractivity contribution in [3.63, 3.8) is 0 Å². The first kappa shape index (κ1) is 20.5. The van der Waals surface area contributed by atoms with Crippen LogP contribution in [0.25, 0.3) is 11.3 Å². The van der Waals surface area contributed by atoms with E-state index in [1.807, 2.05) is 18.2 Å². The van der Waals surface area contributed by atoms with Gasteiger partial charge < -0.3 is 15.1 Å². The van der Waals surface area contributed by atoms with E-state index in [0.29, 0.717) is 29.4 Å². The molecule has 30 heavy (non-hydrogen) atoms. The fraction of sp³-hybridized carbons (Fsp3) is 0.409. The third-order valence-corrected chi connectivity index (χ3v) is 6.01. The Kier molecular flexibility index (Phi) is 5.81. The Labute approximate surface area is 179 Å². The molecule has 0 atom stereocenters. The zero-order valence-electron chi connectivity index (χ0n) is 16.6. The van der Waals surface area contributed by atoms with Gasteiger partial charge in [-0.25, -0.2) is 4.79 Å². The molecule has 0 radical (unpaired) electrons. The molecular weight excluding hydrogens is 406 g/mol. The molecule has 1 aromatic carbocycles. The predicted molar refractivity (Wildman–Crippen MR) is 112 cm³/mol. The lowest BCUT2D eigenvalue weighted by Crippen LogP contribution is -2.47. The molecule has 8 heteroatoms. The van der Waals surface area contributed by atoms with Crippen LogP contribution >= 0.6 is 11.6 Å². The van der Waals surface area contributed by atoms with Crippen LogP contribution in [0.2, 0.25) is 5.02 Å². The summed E-state index contributed by atoms with van der Waals surface area (Å²) < 4.78 is 5.76. The van der Waals surface area contributed by atoms with Gasteiger partial charge in [-0.1, -0.05) is 37.3 Å². The van der Waals surface area contributed by atoms with Gasteiger partial charge in [0.05, 0.1) is 6.54 Å². The third-order valence-electron chi connectivity index (χ3n) is 5.75. The van der Waals surface area contributed by atoms with Crippen molar-refractivity contribution in [3.8, 4) is 11.3 Å². The highest BCUT2D eigenvalue weighted by Gasteiger charge is 2.51. The van der Waals surface area contributed by atoms with Gasteiger partial charge in [-0.05, 0) is 49.2 Å². The fourth-order valence-electron chi connectivity index (χ4n) is 4.12. The number of benzene rings is 1. The molecule has 4 rings (SSSR count). The Hall–Kier alpha value is -2.80. The van der Waals surface area contributed by atoms with Crippen molar-refractivity contribution in [2.24, 2.45) is 0 Å². The van der Waals surface area contributed by atoms with Gasteiger partial charge in [0.2, 0.25) is 5.91 Å². The van der Waals surface area contributed by atoms with Gasteiger partial charge in [-0.3, -0.25) is 14.5 Å². The van der Waals surface area contributed by atoms with Gasteiger partial charge in [0, 0.05) is 10.6 Å². The van der Waals surface area contributed by atoms with Gasteiger partial charge in [-0.15, -0.1) is 0 Å². The molecule has 0 unspecified atom stereocenters. The zero-order valence-corrected chi connectivity index (χ0v) is 17.3. The summed E-state index contributed by atoms with van der Waals surface area (Å²) in [6.45, 7) is -0.127. The van der Waals surface area contributed by atoms with Gasteiger partial charge in [0.1, 0.15) is 23.6 Å². The van der Waals surface area contributed by atoms with E-state index in [-0.39, 0.29) is 19.0 Å². The number of rotatable bonds is 5. The largest absolute Gasteiger partial charge is 0.459 e. The first-order valence-electron chi connectivity index (χ1n) is 10.2. The molecule has 2 N–H and O–H groups in total. The van der Waals surface area contributed by atoms with Crippen molar-refractivity contribution in [2.75, 3.05) is 6.54 Å². The monoisotopic (exact) mass is 429 g/mol. The van der Waals surface area contributed by atoms with Crippen LogP contribution in [0.15, 0.2) is 40.8 Å². The van der Waals surface area contributed by atoms with E-state index >= 15 is 0 Å². The summed E-state index contributed by atoms with van der Waals surface area (Å²) in [5, 5.41) is 6.20. The molecule has 158 valence electrons. The highest BCUT2D eigenvalue weighted by Crippen LogP contribution is 2.32. The second-order valence-corrected chi connectivity index (χ2v) is 8.30. The van der Waals surface area contributed by atoms with Crippen molar-refractivity contribution in [1.82, 2.24) is 15.5 Å². The number of carbonyl (C=O) groups is 3. The molecule has 2 fully saturated rings. The maximum absolute atomic E-state index is 12.9. The molecule has 2 aromatic rings. The number of halogens is 1. The van der Waals surface area contributed by atoms with Crippen molar-refractivity contribution in [1.29, 1.82) is 0 Å². The second-order valence-electron chi connectivity index (χ2n) is 7.87. The lowest BCUT2D eigenvalue weighted by atomic mass is 9.90. The second kappa shape index (κ2) is 8.52. The van der Waals surface area contributed by atoms with Crippen LogP contribution in [-0.2, 0) is 16.1 Å². The molecule has 1 spiro atoms. The summed E-state index contributed by atoms with van der Waals surface area (Å²) in [6, 6.07) is 10.4. The highest BCUT2D eigenvalue weighted by molar-refractivity contribution is 6.30. The molecule has 1 saturated heterocycles. The van der Waals surface area contributed by atoms with E-state index < -0.39 is 17.5 Å². The maximum Gasteiger partial charge on any atom is 0.325 e. The zero-order chi connectivity index (χ0) is 21.1.